The predicted octanol–water partition coefficient (Wildman–Crippen LogP) is 6.91. The van der Waals surface area contributed by atoms with Gasteiger partial charge >= 0.3 is 0 Å². The molecule has 3 aromatic carbocycles. The summed E-state index contributed by atoms with van der Waals surface area (Å²) in [5.41, 5.74) is 3.22. The van der Waals surface area contributed by atoms with Crippen molar-refractivity contribution in [2.45, 2.75) is 18.9 Å². The second-order valence-electron chi connectivity index (χ2n) is 7.49. The molecule has 0 spiro atoms. The van der Waals surface area contributed by atoms with Crippen molar-refractivity contribution in [2.75, 3.05) is 25.7 Å². The zero-order valence-corrected chi connectivity index (χ0v) is 18.2. The van der Waals surface area contributed by atoms with E-state index in [4.69, 9.17) is 9.47 Å². The standard InChI is InChI=1S/C27H30FNO2/c1-21(30-2)23(20-27(31-3)22-14-16-24(28)17-15-22)18-19-29(25-10-6-4-7-11-25)26-12-8-5-9-13-26/h4-17,23,27H,1,18-20H2,2-3H3/t23-,27+/m0/s1. The lowest BCUT2D eigenvalue weighted by Gasteiger charge is -2.29. The number of benzene rings is 3. The van der Waals surface area contributed by atoms with E-state index in [-0.39, 0.29) is 17.8 Å². The second-order valence-corrected chi connectivity index (χ2v) is 7.49. The van der Waals surface area contributed by atoms with E-state index in [1.165, 1.54) is 12.1 Å². The molecule has 0 N–H and O–H groups in total. The van der Waals surface area contributed by atoms with Gasteiger partial charge in [-0.05, 0) is 54.8 Å². The first-order valence-electron chi connectivity index (χ1n) is 10.5. The summed E-state index contributed by atoms with van der Waals surface area (Å²) >= 11 is 0. The van der Waals surface area contributed by atoms with Gasteiger partial charge in [-0.3, -0.25) is 0 Å². The molecule has 0 amide bonds. The molecule has 0 saturated carbocycles. The van der Waals surface area contributed by atoms with E-state index in [1.54, 1.807) is 26.4 Å². The average molecular weight is 420 g/mol. The predicted molar refractivity (Wildman–Crippen MR) is 125 cm³/mol. The molecule has 0 unspecified atom stereocenters. The van der Waals surface area contributed by atoms with Crippen LogP contribution in [0.5, 0.6) is 0 Å². The van der Waals surface area contributed by atoms with Gasteiger partial charge in [0.25, 0.3) is 0 Å². The molecule has 0 aliphatic heterocycles. The van der Waals surface area contributed by atoms with E-state index in [0.717, 1.165) is 35.7 Å². The minimum Gasteiger partial charge on any atom is -0.501 e. The Morgan fingerprint density at radius 1 is 0.871 bits per heavy atom. The number of anilines is 2. The highest BCUT2D eigenvalue weighted by molar-refractivity contribution is 5.62. The van der Waals surface area contributed by atoms with Gasteiger partial charge in [0, 0.05) is 30.9 Å². The summed E-state index contributed by atoms with van der Waals surface area (Å²) in [4.78, 5) is 2.30. The number of para-hydroxylation sites is 2. The maximum absolute atomic E-state index is 13.4. The molecule has 2 atom stereocenters. The van der Waals surface area contributed by atoms with Crippen molar-refractivity contribution in [3.8, 4) is 0 Å². The molecule has 0 saturated heterocycles. The van der Waals surface area contributed by atoms with Crippen LogP contribution in [0.25, 0.3) is 0 Å². The number of nitrogens with zero attached hydrogens (tertiary/aromatic N) is 1. The topological polar surface area (TPSA) is 21.7 Å². The van der Waals surface area contributed by atoms with Crippen LogP contribution in [-0.2, 0) is 9.47 Å². The average Bonchev–Trinajstić information content (AvgIpc) is 2.83. The molecule has 0 fully saturated rings. The number of allylic oxidation sites excluding steroid dienone is 1. The van der Waals surface area contributed by atoms with E-state index in [2.05, 4.69) is 35.7 Å². The maximum atomic E-state index is 13.4. The Morgan fingerprint density at radius 2 is 1.42 bits per heavy atom. The summed E-state index contributed by atoms with van der Waals surface area (Å²) in [6.07, 6.45) is 1.36. The molecule has 3 rings (SSSR count). The van der Waals surface area contributed by atoms with Crippen LogP contribution < -0.4 is 4.90 Å². The van der Waals surface area contributed by atoms with Crippen molar-refractivity contribution in [3.05, 3.63) is 109 Å². The first kappa shape index (κ1) is 22.6. The number of hydrogen-bond donors (Lipinski definition) is 0. The van der Waals surface area contributed by atoms with Crippen LogP contribution in [0.2, 0.25) is 0 Å². The summed E-state index contributed by atoms with van der Waals surface area (Å²) in [6, 6.07) is 27.2. The van der Waals surface area contributed by atoms with Crippen LogP contribution >= 0.6 is 0 Å². The van der Waals surface area contributed by atoms with Crippen molar-refractivity contribution < 1.29 is 13.9 Å². The molecule has 0 heterocycles. The van der Waals surface area contributed by atoms with Crippen LogP contribution in [0.1, 0.15) is 24.5 Å². The molecular weight excluding hydrogens is 389 g/mol. The lowest BCUT2D eigenvalue weighted by atomic mass is 9.92. The van der Waals surface area contributed by atoms with Gasteiger partial charge in [-0.1, -0.05) is 55.1 Å². The fourth-order valence-electron chi connectivity index (χ4n) is 3.79. The van der Waals surface area contributed by atoms with Gasteiger partial charge in [0.05, 0.1) is 19.0 Å². The minimum absolute atomic E-state index is 0.0786. The number of methoxy groups -OCH3 is 2. The van der Waals surface area contributed by atoms with Gasteiger partial charge < -0.3 is 14.4 Å². The Hall–Kier alpha value is -3.11. The fourth-order valence-corrected chi connectivity index (χ4v) is 3.79. The number of halogens is 1. The molecule has 0 radical (unpaired) electrons. The van der Waals surface area contributed by atoms with E-state index in [1.807, 2.05) is 36.4 Å². The lowest BCUT2D eigenvalue weighted by Crippen LogP contribution is -2.23. The van der Waals surface area contributed by atoms with Crippen molar-refractivity contribution in [3.63, 3.8) is 0 Å². The summed E-state index contributed by atoms with van der Waals surface area (Å²) in [6.45, 7) is 4.93. The van der Waals surface area contributed by atoms with E-state index in [9.17, 15) is 4.39 Å². The third-order valence-corrected chi connectivity index (χ3v) is 5.58. The molecule has 4 heteroatoms. The molecule has 0 aliphatic carbocycles. The van der Waals surface area contributed by atoms with E-state index >= 15 is 0 Å². The van der Waals surface area contributed by atoms with Crippen molar-refractivity contribution in [1.29, 1.82) is 0 Å². The van der Waals surface area contributed by atoms with Crippen LogP contribution in [-0.4, -0.2) is 20.8 Å². The van der Waals surface area contributed by atoms with Gasteiger partial charge in [0.15, 0.2) is 0 Å². The van der Waals surface area contributed by atoms with Crippen LogP contribution in [0, 0.1) is 11.7 Å². The lowest BCUT2D eigenvalue weighted by molar-refractivity contribution is 0.0743. The van der Waals surface area contributed by atoms with E-state index in [0.29, 0.717) is 6.42 Å². The van der Waals surface area contributed by atoms with Crippen LogP contribution in [0.4, 0.5) is 15.8 Å². The molecule has 3 aromatic rings. The molecule has 31 heavy (non-hydrogen) atoms. The Labute approximate surface area is 184 Å². The first-order valence-corrected chi connectivity index (χ1v) is 10.5. The minimum atomic E-state index is -0.252. The van der Waals surface area contributed by atoms with Crippen molar-refractivity contribution in [2.24, 2.45) is 5.92 Å². The monoisotopic (exact) mass is 419 g/mol. The quantitative estimate of drug-likeness (QED) is 0.315. The molecule has 0 aromatic heterocycles. The van der Waals surface area contributed by atoms with Crippen LogP contribution in [0.3, 0.4) is 0 Å². The van der Waals surface area contributed by atoms with Gasteiger partial charge in [0.2, 0.25) is 0 Å². The van der Waals surface area contributed by atoms with Crippen molar-refractivity contribution >= 4 is 11.4 Å². The Kier molecular flexibility index (Phi) is 8.25. The third-order valence-electron chi connectivity index (χ3n) is 5.58. The highest BCUT2D eigenvalue weighted by atomic mass is 19.1. The number of ether oxygens (including phenoxy) is 2. The number of hydrogen-bond acceptors (Lipinski definition) is 3. The zero-order valence-electron chi connectivity index (χ0n) is 18.2. The fraction of sp³-hybridized carbons (Fsp3) is 0.259. The summed E-state index contributed by atoms with van der Waals surface area (Å²) < 4.78 is 24.6. The van der Waals surface area contributed by atoms with Crippen LogP contribution in [0.15, 0.2) is 97.3 Å². The largest absolute Gasteiger partial charge is 0.501 e. The molecule has 0 bridgehead atoms. The number of rotatable bonds is 11. The maximum Gasteiger partial charge on any atom is 0.123 e. The van der Waals surface area contributed by atoms with Gasteiger partial charge in [-0.25, -0.2) is 4.39 Å². The summed E-state index contributed by atoms with van der Waals surface area (Å²) in [7, 11) is 3.34. The molecule has 0 aliphatic rings. The summed E-state index contributed by atoms with van der Waals surface area (Å²) in [5.74, 6) is 0.554. The Balaban J connectivity index is 1.79. The van der Waals surface area contributed by atoms with Gasteiger partial charge in [-0.2, -0.15) is 0 Å². The molecule has 3 nitrogen and oxygen atoms in total. The van der Waals surface area contributed by atoms with E-state index < -0.39 is 0 Å². The zero-order chi connectivity index (χ0) is 22.1. The van der Waals surface area contributed by atoms with Crippen molar-refractivity contribution in [1.82, 2.24) is 0 Å². The highest BCUT2D eigenvalue weighted by Gasteiger charge is 2.22. The first-order chi connectivity index (χ1) is 15.1. The smallest absolute Gasteiger partial charge is 0.123 e. The summed E-state index contributed by atoms with van der Waals surface area (Å²) in [5, 5.41) is 0. The Morgan fingerprint density at radius 3 is 1.90 bits per heavy atom. The highest BCUT2D eigenvalue weighted by Crippen LogP contribution is 2.32. The normalized spacial score (nSPS) is 12.7. The van der Waals surface area contributed by atoms with Gasteiger partial charge in [0.1, 0.15) is 5.82 Å². The van der Waals surface area contributed by atoms with Gasteiger partial charge in [-0.15, -0.1) is 0 Å². The molecular formula is C27H30FNO2. The second kappa shape index (κ2) is 11.3. The molecule has 162 valence electrons. The Bertz CT molecular complexity index is 889. The third kappa shape index (κ3) is 6.19. The SMILES string of the molecule is C=C(OC)[C@@H](CCN(c1ccccc1)c1ccccc1)C[C@@H](OC)c1ccc(F)cc1.